The second kappa shape index (κ2) is 6.56. The topological polar surface area (TPSA) is 38.0 Å². The van der Waals surface area contributed by atoms with Crippen LogP contribution in [0.2, 0.25) is 5.02 Å². The van der Waals surface area contributed by atoms with E-state index in [1.807, 2.05) is 0 Å². The molecule has 0 heterocycles. The van der Waals surface area contributed by atoms with Gasteiger partial charge in [-0.15, -0.1) is 0 Å². The lowest BCUT2D eigenvalue weighted by Crippen LogP contribution is -2.30. The van der Waals surface area contributed by atoms with E-state index in [0.29, 0.717) is 12.0 Å². The maximum atomic E-state index is 14.2. The maximum Gasteiger partial charge on any atom is 0.146 e. The van der Waals surface area contributed by atoms with E-state index in [1.165, 1.54) is 28.3 Å². The van der Waals surface area contributed by atoms with Gasteiger partial charge in [0.1, 0.15) is 5.82 Å². The van der Waals surface area contributed by atoms with Crippen LogP contribution in [-0.4, -0.2) is 0 Å². The van der Waals surface area contributed by atoms with Crippen molar-refractivity contribution in [2.45, 2.75) is 33.2 Å². The van der Waals surface area contributed by atoms with E-state index in [4.69, 9.17) is 17.4 Å². The van der Waals surface area contributed by atoms with E-state index in [1.54, 1.807) is 12.1 Å². The van der Waals surface area contributed by atoms with Gasteiger partial charge in [-0.05, 0) is 49.9 Å². The monoisotopic (exact) mass is 306 g/mol. The van der Waals surface area contributed by atoms with Crippen LogP contribution in [0.3, 0.4) is 0 Å². The molecule has 0 fully saturated rings. The van der Waals surface area contributed by atoms with E-state index < -0.39 is 5.82 Å². The van der Waals surface area contributed by atoms with Crippen LogP contribution in [0.5, 0.6) is 0 Å². The standard InChI is InChI=1S/C17H20ClFN2/c1-10-7-11(2)14(12(3)8-10)9-16(21-20)13-5-4-6-15(18)17(13)19/h4-8,16,21H,9,20H2,1-3H3. The molecule has 4 heteroatoms. The van der Waals surface area contributed by atoms with Crippen molar-refractivity contribution in [3.05, 3.63) is 69.0 Å². The fraction of sp³-hybridized carbons (Fsp3) is 0.294. The van der Waals surface area contributed by atoms with E-state index in [9.17, 15) is 4.39 Å². The van der Waals surface area contributed by atoms with Crippen LogP contribution in [0.25, 0.3) is 0 Å². The van der Waals surface area contributed by atoms with Gasteiger partial charge in [0.2, 0.25) is 0 Å². The smallest absolute Gasteiger partial charge is 0.146 e. The second-order valence-electron chi connectivity index (χ2n) is 5.44. The first-order valence-electron chi connectivity index (χ1n) is 6.90. The highest BCUT2D eigenvalue weighted by atomic mass is 35.5. The normalized spacial score (nSPS) is 12.5. The van der Waals surface area contributed by atoms with Gasteiger partial charge >= 0.3 is 0 Å². The van der Waals surface area contributed by atoms with Crippen LogP contribution in [-0.2, 0) is 6.42 Å². The molecule has 2 nitrogen and oxygen atoms in total. The summed E-state index contributed by atoms with van der Waals surface area (Å²) in [5.74, 6) is 5.23. The van der Waals surface area contributed by atoms with Gasteiger partial charge in [-0.25, -0.2) is 4.39 Å². The predicted molar refractivity (Wildman–Crippen MR) is 85.8 cm³/mol. The Morgan fingerprint density at radius 1 is 1.19 bits per heavy atom. The first-order chi connectivity index (χ1) is 9.93. The molecular weight excluding hydrogens is 287 g/mol. The summed E-state index contributed by atoms with van der Waals surface area (Å²) in [7, 11) is 0. The van der Waals surface area contributed by atoms with Crippen molar-refractivity contribution in [3.8, 4) is 0 Å². The fourth-order valence-corrected chi connectivity index (χ4v) is 2.97. The highest BCUT2D eigenvalue weighted by Gasteiger charge is 2.18. The Kier molecular flexibility index (Phi) is 4.99. The summed E-state index contributed by atoms with van der Waals surface area (Å²) in [6, 6.07) is 8.93. The van der Waals surface area contributed by atoms with Crippen molar-refractivity contribution in [3.63, 3.8) is 0 Å². The zero-order valence-electron chi connectivity index (χ0n) is 12.5. The third-order valence-electron chi connectivity index (χ3n) is 3.81. The molecule has 2 rings (SSSR count). The zero-order valence-corrected chi connectivity index (χ0v) is 13.3. The molecular formula is C17H20ClFN2. The molecule has 0 saturated carbocycles. The summed E-state index contributed by atoms with van der Waals surface area (Å²) < 4.78 is 14.2. The number of hydrogen-bond donors (Lipinski definition) is 2. The molecule has 0 aliphatic rings. The maximum absolute atomic E-state index is 14.2. The molecule has 0 saturated heterocycles. The van der Waals surface area contributed by atoms with Crippen LogP contribution >= 0.6 is 11.6 Å². The Balaban J connectivity index is 2.38. The van der Waals surface area contributed by atoms with Crippen LogP contribution in [0, 0.1) is 26.6 Å². The molecule has 112 valence electrons. The zero-order chi connectivity index (χ0) is 15.6. The van der Waals surface area contributed by atoms with E-state index in [-0.39, 0.29) is 11.1 Å². The van der Waals surface area contributed by atoms with Crippen molar-refractivity contribution < 1.29 is 4.39 Å². The molecule has 3 N–H and O–H groups in total. The number of aryl methyl sites for hydroxylation is 3. The molecule has 0 aliphatic heterocycles. The average Bonchev–Trinajstić information content (AvgIpc) is 2.42. The molecule has 0 aromatic heterocycles. The number of rotatable bonds is 4. The third kappa shape index (κ3) is 3.43. The molecule has 2 aromatic carbocycles. The minimum Gasteiger partial charge on any atom is -0.271 e. The Morgan fingerprint density at radius 2 is 1.81 bits per heavy atom. The SMILES string of the molecule is Cc1cc(C)c(CC(NN)c2cccc(Cl)c2F)c(C)c1. The molecule has 1 atom stereocenters. The van der Waals surface area contributed by atoms with Gasteiger partial charge < -0.3 is 0 Å². The number of hydrogen-bond acceptors (Lipinski definition) is 2. The number of hydrazine groups is 1. The summed E-state index contributed by atoms with van der Waals surface area (Å²) >= 11 is 5.86. The van der Waals surface area contributed by atoms with Crippen LogP contribution in [0.15, 0.2) is 30.3 Å². The molecule has 0 amide bonds. The number of halogens is 2. The molecule has 1 unspecified atom stereocenters. The Labute approximate surface area is 130 Å². The minimum atomic E-state index is -0.412. The Morgan fingerprint density at radius 3 is 2.38 bits per heavy atom. The van der Waals surface area contributed by atoms with Gasteiger partial charge in [-0.2, -0.15) is 0 Å². The van der Waals surface area contributed by atoms with Gasteiger partial charge in [-0.1, -0.05) is 41.4 Å². The number of nitrogens with two attached hydrogens (primary N) is 1. The molecule has 0 aliphatic carbocycles. The quantitative estimate of drug-likeness (QED) is 0.658. The van der Waals surface area contributed by atoms with Gasteiger partial charge in [0.25, 0.3) is 0 Å². The van der Waals surface area contributed by atoms with Crippen LogP contribution < -0.4 is 11.3 Å². The van der Waals surface area contributed by atoms with E-state index in [0.717, 1.165) is 0 Å². The summed E-state index contributed by atoms with van der Waals surface area (Å²) in [5, 5.41) is 0.116. The lowest BCUT2D eigenvalue weighted by Gasteiger charge is -2.20. The number of nitrogens with one attached hydrogen (secondary N) is 1. The molecule has 21 heavy (non-hydrogen) atoms. The fourth-order valence-electron chi connectivity index (χ4n) is 2.78. The molecule has 0 spiro atoms. The second-order valence-corrected chi connectivity index (χ2v) is 5.85. The molecule has 0 radical (unpaired) electrons. The van der Waals surface area contributed by atoms with Gasteiger partial charge in [0, 0.05) is 5.56 Å². The summed E-state index contributed by atoms with van der Waals surface area (Å²) in [6.45, 7) is 6.20. The Hall–Kier alpha value is -1.42. The largest absolute Gasteiger partial charge is 0.271 e. The van der Waals surface area contributed by atoms with Gasteiger partial charge in [0.15, 0.2) is 0 Å². The first-order valence-corrected chi connectivity index (χ1v) is 7.28. The average molecular weight is 307 g/mol. The van der Waals surface area contributed by atoms with Gasteiger partial charge in [-0.3, -0.25) is 11.3 Å². The van der Waals surface area contributed by atoms with Crippen LogP contribution in [0.1, 0.15) is 33.9 Å². The summed E-state index contributed by atoms with van der Waals surface area (Å²) in [4.78, 5) is 0. The highest BCUT2D eigenvalue weighted by Crippen LogP contribution is 2.28. The predicted octanol–water partition coefficient (Wildman–Crippen LogP) is 4.15. The Bertz CT molecular complexity index is 632. The molecule has 2 aromatic rings. The molecule has 0 bridgehead atoms. The van der Waals surface area contributed by atoms with E-state index >= 15 is 0 Å². The lowest BCUT2D eigenvalue weighted by atomic mass is 9.92. The van der Waals surface area contributed by atoms with Crippen molar-refractivity contribution in [1.82, 2.24) is 5.43 Å². The van der Waals surface area contributed by atoms with Crippen molar-refractivity contribution in [2.24, 2.45) is 5.84 Å². The van der Waals surface area contributed by atoms with Crippen molar-refractivity contribution in [1.29, 1.82) is 0 Å². The van der Waals surface area contributed by atoms with Gasteiger partial charge in [0.05, 0.1) is 11.1 Å². The summed E-state index contributed by atoms with van der Waals surface area (Å²) in [6.07, 6.45) is 0.617. The van der Waals surface area contributed by atoms with Crippen LogP contribution in [0.4, 0.5) is 4.39 Å². The lowest BCUT2D eigenvalue weighted by molar-refractivity contribution is 0.509. The highest BCUT2D eigenvalue weighted by molar-refractivity contribution is 6.30. The first kappa shape index (κ1) is 16.0. The van der Waals surface area contributed by atoms with E-state index in [2.05, 4.69) is 38.3 Å². The van der Waals surface area contributed by atoms with Crippen molar-refractivity contribution >= 4 is 11.6 Å². The summed E-state index contributed by atoms with van der Waals surface area (Å²) in [5.41, 5.74) is 7.98. The minimum absolute atomic E-state index is 0.116. The third-order valence-corrected chi connectivity index (χ3v) is 4.10. The van der Waals surface area contributed by atoms with Crippen molar-refractivity contribution in [2.75, 3.05) is 0 Å². The number of benzene rings is 2.